The van der Waals surface area contributed by atoms with Crippen molar-refractivity contribution in [2.45, 2.75) is 31.7 Å². The molecule has 171 valence electrons. The predicted octanol–water partition coefficient (Wildman–Crippen LogP) is 4.74. The first-order valence-corrected chi connectivity index (χ1v) is 12.4. The van der Waals surface area contributed by atoms with Crippen molar-refractivity contribution in [2.75, 3.05) is 31.8 Å². The molecule has 5 nitrogen and oxygen atoms in total. The molecule has 2 heterocycles. The van der Waals surface area contributed by atoms with E-state index in [9.17, 15) is 10.2 Å². The van der Waals surface area contributed by atoms with Crippen LogP contribution in [0.5, 0.6) is 5.75 Å². The number of methoxy groups -OCH3 is 1. The summed E-state index contributed by atoms with van der Waals surface area (Å²) < 4.78 is 8.72. The summed E-state index contributed by atoms with van der Waals surface area (Å²) in [7, 11) is 1.67. The fourth-order valence-corrected chi connectivity index (χ4v) is 6.15. The maximum Gasteiger partial charge on any atom is 0.263 e. The first-order chi connectivity index (χ1) is 15.6. The van der Waals surface area contributed by atoms with Gasteiger partial charge in [0.1, 0.15) is 17.1 Å². The van der Waals surface area contributed by atoms with Gasteiger partial charge in [-0.2, -0.15) is 4.57 Å². The number of thiazole rings is 1. The summed E-state index contributed by atoms with van der Waals surface area (Å²) in [4.78, 5) is 3.42. The van der Waals surface area contributed by atoms with E-state index in [2.05, 4.69) is 59.7 Å². The molecular weight excluding hydrogens is 529 g/mol. The quantitative estimate of drug-likeness (QED) is 0.392. The molecule has 0 saturated heterocycles. The Labute approximate surface area is 228 Å². The number of allylic oxidation sites excluding steroid dienone is 2. The molecule has 0 spiro atoms. The van der Waals surface area contributed by atoms with Crippen molar-refractivity contribution in [3.63, 3.8) is 0 Å². The molecule has 2 N–H and O–H groups in total. The van der Waals surface area contributed by atoms with Crippen LogP contribution in [-0.4, -0.2) is 37.1 Å². The standard InChI is InChI=1S/C25H29N2O3S2.Y/c1-4-18(14-24-26(9-11-28)20-13-17(2)5-7-22(20)31-24)15-25-27(10-12-29)21-16-19(30-3)6-8-23(21)32-25;/h5-8,13-16,28-29H,4,9-12H2,1-3H3;/q+1;. The van der Waals surface area contributed by atoms with Gasteiger partial charge in [0.25, 0.3) is 5.01 Å². The van der Waals surface area contributed by atoms with Gasteiger partial charge in [0.2, 0.25) is 5.52 Å². The Hall–Kier alpha value is -1.22. The summed E-state index contributed by atoms with van der Waals surface area (Å²) in [6.45, 7) is 5.53. The molecule has 1 aliphatic rings. The first kappa shape index (κ1) is 26.4. The number of aliphatic hydroxyl groups is 2. The van der Waals surface area contributed by atoms with Crippen molar-refractivity contribution in [2.24, 2.45) is 0 Å². The molecule has 0 aliphatic carbocycles. The first-order valence-electron chi connectivity index (χ1n) is 10.8. The molecule has 3 aromatic rings. The molecule has 1 radical (unpaired) electrons. The molecule has 2 aromatic carbocycles. The molecule has 8 heteroatoms. The second-order valence-electron chi connectivity index (χ2n) is 7.65. The number of hydrogen-bond donors (Lipinski definition) is 2. The zero-order chi connectivity index (χ0) is 22.7. The van der Waals surface area contributed by atoms with E-state index in [1.807, 2.05) is 12.1 Å². The normalized spacial score (nSPS) is 14.6. The van der Waals surface area contributed by atoms with Crippen molar-refractivity contribution < 1.29 is 52.2 Å². The van der Waals surface area contributed by atoms with E-state index in [0.717, 1.165) is 38.1 Å². The monoisotopic (exact) mass is 558 g/mol. The molecule has 0 fully saturated rings. The molecule has 0 unspecified atom stereocenters. The van der Waals surface area contributed by atoms with Gasteiger partial charge >= 0.3 is 0 Å². The van der Waals surface area contributed by atoms with Crippen molar-refractivity contribution in [3.05, 3.63) is 63.6 Å². The Morgan fingerprint density at radius 2 is 1.97 bits per heavy atom. The number of nitrogens with zero attached hydrogens (tertiary/aromatic N) is 2. The van der Waals surface area contributed by atoms with Crippen LogP contribution in [0.4, 0.5) is 5.69 Å². The van der Waals surface area contributed by atoms with Gasteiger partial charge in [-0.15, -0.1) is 0 Å². The number of rotatable bonds is 8. The SMILES string of the molecule is CCC(=Cc1sc2ccc(OC)cc2[n+]1CCO)C=C1Sc2ccc(C)cc2N1CCO.[Y]. The van der Waals surface area contributed by atoms with Crippen LogP contribution in [-0.2, 0) is 39.3 Å². The molecule has 0 saturated carbocycles. The number of aryl methyl sites for hydroxylation is 1. The Balaban J connectivity index is 0.00000306. The summed E-state index contributed by atoms with van der Waals surface area (Å²) in [5.74, 6) is 0.811. The number of benzene rings is 2. The van der Waals surface area contributed by atoms with Gasteiger partial charge in [-0.1, -0.05) is 36.1 Å². The molecule has 4 rings (SSSR count). The maximum atomic E-state index is 9.67. The number of anilines is 1. The molecule has 1 aliphatic heterocycles. The van der Waals surface area contributed by atoms with E-state index in [-0.39, 0.29) is 45.9 Å². The molecule has 0 amide bonds. The van der Waals surface area contributed by atoms with Gasteiger partial charge in [0, 0.05) is 50.2 Å². The summed E-state index contributed by atoms with van der Waals surface area (Å²) in [5.41, 5.74) is 4.64. The topological polar surface area (TPSA) is 56.8 Å². The van der Waals surface area contributed by atoms with Gasteiger partial charge in [-0.05, 0) is 54.8 Å². The van der Waals surface area contributed by atoms with E-state index in [1.165, 1.54) is 16.0 Å². The van der Waals surface area contributed by atoms with Crippen molar-refractivity contribution in [1.82, 2.24) is 0 Å². The van der Waals surface area contributed by atoms with Crippen LogP contribution < -0.4 is 14.2 Å². The third-order valence-electron chi connectivity index (χ3n) is 5.50. The number of thioether (sulfide) groups is 1. The fraction of sp³-hybridized carbons (Fsp3) is 0.320. The second-order valence-corrected chi connectivity index (χ2v) is 9.78. The van der Waals surface area contributed by atoms with Crippen LogP contribution in [0.25, 0.3) is 16.3 Å². The number of aliphatic hydroxyl groups excluding tert-OH is 2. The minimum absolute atomic E-state index is 0. The Morgan fingerprint density at radius 1 is 1.15 bits per heavy atom. The third kappa shape index (κ3) is 5.72. The molecule has 0 atom stereocenters. The maximum absolute atomic E-state index is 9.67. The smallest absolute Gasteiger partial charge is 0.263 e. The average molecular weight is 559 g/mol. The van der Waals surface area contributed by atoms with Crippen molar-refractivity contribution in [3.8, 4) is 5.75 Å². The van der Waals surface area contributed by atoms with E-state index < -0.39 is 0 Å². The number of hydrogen-bond acceptors (Lipinski definition) is 6. The largest absolute Gasteiger partial charge is 0.497 e. The number of fused-ring (bicyclic) bond motifs is 2. The van der Waals surface area contributed by atoms with Crippen LogP contribution in [0.3, 0.4) is 0 Å². The van der Waals surface area contributed by atoms with Gasteiger partial charge < -0.3 is 19.8 Å². The molecule has 33 heavy (non-hydrogen) atoms. The van der Waals surface area contributed by atoms with E-state index in [1.54, 1.807) is 30.2 Å². The van der Waals surface area contributed by atoms with Crippen LogP contribution in [0.2, 0.25) is 0 Å². The van der Waals surface area contributed by atoms with Crippen LogP contribution >= 0.6 is 23.1 Å². The second kappa shape index (κ2) is 12.0. The van der Waals surface area contributed by atoms with Crippen molar-refractivity contribution >= 4 is 45.1 Å². The minimum Gasteiger partial charge on any atom is -0.497 e. The minimum atomic E-state index is 0. The summed E-state index contributed by atoms with van der Waals surface area (Å²) >= 11 is 3.46. The summed E-state index contributed by atoms with van der Waals surface area (Å²) in [6.07, 6.45) is 5.32. The summed E-state index contributed by atoms with van der Waals surface area (Å²) in [5, 5.41) is 21.6. The van der Waals surface area contributed by atoms with Gasteiger partial charge in [-0.25, -0.2) is 0 Å². The summed E-state index contributed by atoms with van der Waals surface area (Å²) in [6, 6.07) is 12.5. The van der Waals surface area contributed by atoms with Crippen molar-refractivity contribution in [1.29, 1.82) is 0 Å². The molecule has 0 bridgehead atoms. The third-order valence-corrected chi connectivity index (χ3v) is 7.72. The molecular formula is C25H29N2O3S2Y+. The van der Waals surface area contributed by atoms with E-state index in [4.69, 9.17) is 4.74 Å². The molecule has 1 aromatic heterocycles. The number of β-amino-alcohol motifs (C(OH)–C–C–N with tert-alkyl or cyclic N) is 1. The van der Waals surface area contributed by atoms with Gasteiger partial charge in [0.05, 0.1) is 30.5 Å². The van der Waals surface area contributed by atoms with Gasteiger partial charge in [-0.3, -0.25) is 0 Å². The Kier molecular flexibility index (Phi) is 9.56. The van der Waals surface area contributed by atoms with Gasteiger partial charge in [0.15, 0.2) is 6.54 Å². The van der Waals surface area contributed by atoms with Crippen LogP contribution in [0.1, 0.15) is 23.9 Å². The predicted molar refractivity (Wildman–Crippen MR) is 133 cm³/mol. The number of ether oxygens (including phenoxy) is 1. The fourth-order valence-electron chi connectivity index (χ4n) is 3.86. The average Bonchev–Trinajstić information content (AvgIpc) is 3.31. The van der Waals surface area contributed by atoms with E-state index >= 15 is 0 Å². The van der Waals surface area contributed by atoms with Crippen LogP contribution in [0, 0.1) is 6.92 Å². The van der Waals surface area contributed by atoms with E-state index in [0.29, 0.717) is 13.1 Å². The zero-order valence-corrected chi connectivity index (χ0v) is 23.7. The zero-order valence-electron chi connectivity index (χ0n) is 19.2. The van der Waals surface area contributed by atoms with Crippen LogP contribution in [0.15, 0.2) is 58.0 Å². The Bertz CT molecular complexity index is 1190. The Morgan fingerprint density at radius 3 is 2.67 bits per heavy atom. The number of aromatic nitrogens is 1.